The molecule has 0 saturated heterocycles. The van der Waals surface area contributed by atoms with E-state index >= 15 is 0 Å². The van der Waals surface area contributed by atoms with Crippen LogP contribution in [0.2, 0.25) is 0 Å². The normalized spacial score (nSPS) is 10.7. The Morgan fingerprint density at radius 2 is 1.78 bits per heavy atom. The zero-order valence-corrected chi connectivity index (χ0v) is 19.3. The van der Waals surface area contributed by atoms with Gasteiger partial charge in [-0.1, -0.05) is 30.3 Å². The average Bonchev–Trinajstić information content (AvgIpc) is 3.11. The SMILES string of the molecule is O=C([O-])c1cccc2c1c(CO)cn2Cc1ccccc1OCc1ccc(F)cc1F.[Na+]. The van der Waals surface area contributed by atoms with E-state index in [9.17, 15) is 23.8 Å². The van der Waals surface area contributed by atoms with Gasteiger partial charge in [0.05, 0.1) is 19.1 Å². The van der Waals surface area contributed by atoms with E-state index in [1.807, 2.05) is 16.7 Å². The second-order valence-electron chi connectivity index (χ2n) is 7.06. The van der Waals surface area contributed by atoms with Gasteiger partial charge in [0.25, 0.3) is 0 Å². The van der Waals surface area contributed by atoms with Crippen LogP contribution >= 0.6 is 0 Å². The van der Waals surface area contributed by atoms with Gasteiger partial charge in [0, 0.05) is 45.4 Å². The maximum atomic E-state index is 13.9. The minimum atomic E-state index is -1.32. The van der Waals surface area contributed by atoms with E-state index in [4.69, 9.17) is 4.74 Å². The van der Waals surface area contributed by atoms with Gasteiger partial charge in [-0.25, -0.2) is 8.78 Å². The number of hydrogen-bond donors (Lipinski definition) is 1. The van der Waals surface area contributed by atoms with Crippen LogP contribution in [0.15, 0.2) is 66.9 Å². The Morgan fingerprint density at radius 3 is 2.50 bits per heavy atom. The molecule has 0 saturated carbocycles. The van der Waals surface area contributed by atoms with Crippen LogP contribution in [0.3, 0.4) is 0 Å². The number of nitrogens with zero attached hydrogens (tertiary/aromatic N) is 1. The zero-order chi connectivity index (χ0) is 22.0. The standard InChI is InChI=1S/C24H19F2NO4.Na/c25-18-9-8-16(20(26)10-18)14-31-22-7-2-1-4-15(22)11-27-12-17(13-28)23-19(24(29)30)5-3-6-21(23)27;/h1-10,12,28H,11,13-14H2,(H,29,30);/q;+1/p-1. The summed E-state index contributed by atoms with van der Waals surface area (Å²) in [6.45, 7) is -0.0723. The fourth-order valence-electron chi connectivity index (χ4n) is 3.61. The third-order valence-electron chi connectivity index (χ3n) is 5.09. The van der Waals surface area contributed by atoms with Crippen LogP contribution in [0, 0.1) is 11.6 Å². The molecule has 1 heterocycles. The Balaban J connectivity index is 0.00000289. The Kier molecular flexibility index (Phi) is 7.69. The molecule has 0 aliphatic carbocycles. The van der Waals surface area contributed by atoms with E-state index in [2.05, 4.69) is 0 Å². The first-order valence-electron chi connectivity index (χ1n) is 9.55. The number of benzene rings is 3. The summed E-state index contributed by atoms with van der Waals surface area (Å²) in [4.78, 5) is 11.5. The molecule has 4 rings (SSSR count). The largest absolute Gasteiger partial charge is 1.00 e. The van der Waals surface area contributed by atoms with Gasteiger partial charge < -0.3 is 24.3 Å². The summed E-state index contributed by atoms with van der Waals surface area (Å²) in [6, 6.07) is 15.3. The zero-order valence-electron chi connectivity index (χ0n) is 17.3. The molecule has 0 aliphatic heterocycles. The van der Waals surface area contributed by atoms with Gasteiger partial charge in [0.1, 0.15) is 24.0 Å². The van der Waals surface area contributed by atoms with Crippen LogP contribution in [0.25, 0.3) is 10.9 Å². The Hall–Kier alpha value is -2.71. The second-order valence-corrected chi connectivity index (χ2v) is 7.06. The number of aliphatic hydroxyl groups is 1. The quantitative estimate of drug-likeness (QED) is 0.418. The molecule has 0 radical (unpaired) electrons. The third kappa shape index (κ3) is 4.86. The van der Waals surface area contributed by atoms with Crippen molar-refractivity contribution in [3.05, 3.63) is 101 Å². The van der Waals surface area contributed by atoms with Crippen molar-refractivity contribution in [3.8, 4) is 5.75 Å². The number of carboxylic acids is 1. The molecule has 5 nitrogen and oxygen atoms in total. The van der Waals surface area contributed by atoms with Crippen molar-refractivity contribution >= 4 is 16.9 Å². The first-order chi connectivity index (χ1) is 15.0. The molecule has 8 heteroatoms. The molecule has 0 unspecified atom stereocenters. The molecule has 3 aromatic carbocycles. The summed E-state index contributed by atoms with van der Waals surface area (Å²) >= 11 is 0. The van der Waals surface area contributed by atoms with E-state index < -0.39 is 17.6 Å². The first kappa shape index (κ1) is 23.9. The van der Waals surface area contributed by atoms with Crippen molar-refractivity contribution in [2.24, 2.45) is 0 Å². The number of aromatic nitrogens is 1. The first-order valence-corrected chi connectivity index (χ1v) is 9.55. The van der Waals surface area contributed by atoms with Crippen LogP contribution < -0.4 is 39.4 Å². The number of halogens is 2. The monoisotopic (exact) mass is 445 g/mol. The minimum absolute atomic E-state index is 0. The summed E-state index contributed by atoms with van der Waals surface area (Å²) < 4.78 is 34.6. The fourth-order valence-corrected chi connectivity index (χ4v) is 3.61. The van der Waals surface area contributed by atoms with Crippen LogP contribution in [0.4, 0.5) is 8.78 Å². The summed E-state index contributed by atoms with van der Waals surface area (Å²) in [5, 5.41) is 21.6. The molecule has 0 amide bonds. The Bertz CT molecular complexity index is 1270. The number of carbonyl (C=O) groups excluding carboxylic acids is 1. The molecule has 1 N–H and O–H groups in total. The van der Waals surface area contributed by atoms with Gasteiger partial charge in [-0.05, 0) is 24.3 Å². The van der Waals surface area contributed by atoms with Crippen LogP contribution in [0.5, 0.6) is 5.75 Å². The second kappa shape index (κ2) is 10.3. The molecule has 0 spiro atoms. The molecular weight excluding hydrogens is 427 g/mol. The van der Waals surface area contributed by atoms with Gasteiger partial charge in [-0.15, -0.1) is 0 Å². The molecule has 0 bridgehead atoms. The van der Waals surface area contributed by atoms with Gasteiger partial charge in [-0.2, -0.15) is 0 Å². The number of aliphatic hydroxyl groups excluding tert-OH is 1. The van der Waals surface area contributed by atoms with Gasteiger partial charge in [0.15, 0.2) is 0 Å². The number of hydrogen-bond acceptors (Lipinski definition) is 4. The summed E-state index contributed by atoms with van der Waals surface area (Å²) in [5.74, 6) is -2.15. The predicted molar refractivity (Wildman–Crippen MR) is 108 cm³/mol. The molecule has 0 aliphatic rings. The topological polar surface area (TPSA) is 74.5 Å². The third-order valence-corrected chi connectivity index (χ3v) is 5.09. The summed E-state index contributed by atoms with van der Waals surface area (Å²) in [7, 11) is 0. The summed E-state index contributed by atoms with van der Waals surface area (Å²) in [6.07, 6.45) is 1.69. The van der Waals surface area contributed by atoms with E-state index in [-0.39, 0.29) is 53.9 Å². The van der Waals surface area contributed by atoms with Crippen LogP contribution in [-0.4, -0.2) is 15.6 Å². The Labute approximate surface area is 205 Å². The maximum absolute atomic E-state index is 13.9. The number of para-hydroxylation sites is 1. The van der Waals surface area contributed by atoms with Gasteiger partial charge in [-0.3, -0.25) is 0 Å². The van der Waals surface area contributed by atoms with E-state index in [0.29, 0.717) is 28.8 Å². The average molecular weight is 445 g/mol. The van der Waals surface area contributed by atoms with Gasteiger partial charge >= 0.3 is 29.6 Å². The van der Waals surface area contributed by atoms with E-state index in [1.54, 1.807) is 30.5 Å². The minimum Gasteiger partial charge on any atom is -0.545 e. The number of carboxylic acid groups (broad SMARTS) is 1. The number of aromatic carboxylic acids is 1. The number of fused-ring (bicyclic) bond motifs is 1. The van der Waals surface area contributed by atoms with Crippen molar-refractivity contribution in [3.63, 3.8) is 0 Å². The molecule has 4 aromatic rings. The van der Waals surface area contributed by atoms with Crippen LogP contribution in [-0.2, 0) is 19.8 Å². The molecule has 0 fully saturated rings. The van der Waals surface area contributed by atoms with Crippen LogP contribution in [0.1, 0.15) is 27.0 Å². The fraction of sp³-hybridized carbons (Fsp3) is 0.125. The van der Waals surface area contributed by atoms with Crippen molar-refractivity contribution in [2.45, 2.75) is 19.8 Å². The number of ether oxygens (including phenoxy) is 1. The van der Waals surface area contributed by atoms with Crippen molar-refractivity contribution in [1.82, 2.24) is 4.57 Å². The van der Waals surface area contributed by atoms with E-state index in [0.717, 1.165) is 11.6 Å². The number of rotatable bonds is 7. The van der Waals surface area contributed by atoms with E-state index in [1.165, 1.54) is 18.2 Å². The van der Waals surface area contributed by atoms with Crippen molar-refractivity contribution in [2.75, 3.05) is 0 Å². The molecule has 0 atom stereocenters. The maximum Gasteiger partial charge on any atom is 1.00 e. The predicted octanol–water partition coefficient (Wildman–Crippen LogP) is 0.407. The van der Waals surface area contributed by atoms with Crippen molar-refractivity contribution in [1.29, 1.82) is 0 Å². The number of carbonyl (C=O) groups is 1. The molecule has 32 heavy (non-hydrogen) atoms. The molecular formula is C24H18F2NNaO4. The smallest absolute Gasteiger partial charge is 0.545 e. The molecule has 1 aromatic heterocycles. The summed E-state index contributed by atoms with van der Waals surface area (Å²) in [5.41, 5.74) is 2.11. The van der Waals surface area contributed by atoms with Crippen molar-refractivity contribution < 1.29 is 58.1 Å². The molecule has 158 valence electrons. The van der Waals surface area contributed by atoms with Gasteiger partial charge in [0.2, 0.25) is 0 Å². The Morgan fingerprint density at radius 1 is 1.00 bits per heavy atom.